The third kappa shape index (κ3) is 2.93. The molecule has 0 bridgehead atoms. The maximum absolute atomic E-state index is 9.58. The Labute approximate surface area is 152 Å². The molecule has 0 amide bonds. The molecule has 0 aliphatic carbocycles. The number of rotatable bonds is 4. The first kappa shape index (κ1) is 16.3. The summed E-state index contributed by atoms with van der Waals surface area (Å²) in [5, 5.41) is 13.2. The van der Waals surface area contributed by atoms with Crippen LogP contribution < -0.4 is 15.0 Å². The molecule has 1 fully saturated rings. The van der Waals surface area contributed by atoms with Crippen LogP contribution in [-0.2, 0) is 0 Å². The number of hydrogen-bond donors (Lipinski definition) is 1. The second-order valence-corrected chi connectivity index (χ2v) is 6.43. The Kier molecular flexibility index (Phi) is 4.36. The molecule has 1 aliphatic rings. The Hall–Kier alpha value is -3.20. The van der Waals surface area contributed by atoms with Crippen molar-refractivity contribution in [3.63, 3.8) is 0 Å². The zero-order valence-electron chi connectivity index (χ0n) is 14.7. The van der Waals surface area contributed by atoms with Crippen molar-refractivity contribution in [2.75, 3.05) is 30.4 Å². The minimum atomic E-state index is 0.380. The number of ether oxygens (including phenoxy) is 1. The highest BCUT2D eigenvalue weighted by molar-refractivity contribution is 5.61. The van der Waals surface area contributed by atoms with Gasteiger partial charge in [0.1, 0.15) is 17.5 Å². The smallest absolute Gasteiger partial charge is 0.169 e. The van der Waals surface area contributed by atoms with E-state index in [1.54, 1.807) is 7.11 Å². The molecule has 0 spiro atoms. The average molecular weight is 347 g/mol. The Bertz CT molecular complexity index is 950. The molecule has 4 rings (SSSR count). The van der Waals surface area contributed by atoms with Crippen LogP contribution >= 0.6 is 0 Å². The first-order valence-electron chi connectivity index (χ1n) is 8.82. The van der Waals surface area contributed by atoms with E-state index >= 15 is 0 Å². The molecule has 1 saturated heterocycles. The van der Waals surface area contributed by atoms with Gasteiger partial charge < -0.3 is 15.0 Å². The quantitative estimate of drug-likeness (QED) is 0.784. The topological polar surface area (TPSA) is 65.6 Å². The highest BCUT2D eigenvalue weighted by atomic mass is 16.5. The van der Waals surface area contributed by atoms with Gasteiger partial charge in [-0.25, -0.2) is 4.98 Å². The SMILES string of the molecule is COc1ccccc1NC1CCN(c2nc3ccccn3c2C#N)CC1. The first-order chi connectivity index (χ1) is 12.8. The fraction of sp³-hybridized carbons (Fsp3) is 0.300. The van der Waals surface area contributed by atoms with Gasteiger partial charge in [-0.05, 0) is 37.1 Å². The highest BCUT2D eigenvalue weighted by Crippen LogP contribution is 2.28. The van der Waals surface area contributed by atoms with Crippen LogP contribution in [0.5, 0.6) is 5.75 Å². The van der Waals surface area contributed by atoms with Gasteiger partial charge in [-0.2, -0.15) is 5.26 Å². The fourth-order valence-electron chi connectivity index (χ4n) is 3.53. The van der Waals surface area contributed by atoms with E-state index in [2.05, 4.69) is 21.3 Å². The lowest BCUT2D eigenvalue weighted by atomic mass is 10.0. The lowest BCUT2D eigenvalue weighted by Gasteiger charge is -2.33. The predicted octanol–water partition coefficient (Wildman–Crippen LogP) is 3.30. The third-order valence-electron chi connectivity index (χ3n) is 4.88. The fourth-order valence-corrected chi connectivity index (χ4v) is 3.53. The van der Waals surface area contributed by atoms with Gasteiger partial charge in [0.15, 0.2) is 11.5 Å². The summed E-state index contributed by atoms with van der Waals surface area (Å²) in [6.45, 7) is 1.73. The van der Waals surface area contributed by atoms with E-state index in [0.29, 0.717) is 11.7 Å². The Morgan fingerprint density at radius 2 is 1.92 bits per heavy atom. The van der Waals surface area contributed by atoms with Crippen molar-refractivity contribution in [1.29, 1.82) is 5.26 Å². The number of fused-ring (bicyclic) bond motifs is 1. The molecule has 0 radical (unpaired) electrons. The summed E-state index contributed by atoms with van der Waals surface area (Å²) in [6.07, 6.45) is 3.86. The number of benzene rings is 1. The average Bonchev–Trinajstić information content (AvgIpc) is 3.07. The summed E-state index contributed by atoms with van der Waals surface area (Å²) in [5.41, 5.74) is 2.45. The molecule has 1 aliphatic heterocycles. The molecular weight excluding hydrogens is 326 g/mol. The van der Waals surface area contributed by atoms with Crippen molar-refractivity contribution in [2.24, 2.45) is 0 Å². The standard InChI is InChI=1S/C20H21N5O/c1-26-18-7-3-2-6-16(18)22-15-9-12-24(13-10-15)20-17(14-21)25-11-5-4-8-19(25)23-20/h2-8,11,15,22H,9-10,12-13H2,1H3. The number of aromatic nitrogens is 2. The van der Waals surface area contributed by atoms with Gasteiger partial charge in [0.05, 0.1) is 12.8 Å². The molecule has 0 atom stereocenters. The second kappa shape index (κ2) is 6.96. The molecule has 132 valence electrons. The number of hydrogen-bond acceptors (Lipinski definition) is 5. The summed E-state index contributed by atoms with van der Waals surface area (Å²) in [7, 11) is 1.69. The van der Waals surface area contributed by atoms with Gasteiger partial charge in [-0.1, -0.05) is 18.2 Å². The molecule has 1 aromatic carbocycles. The zero-order chi connectivity index (χ0) is 17.9. The number of nitrogens with zero attached hydrogens (tertiary/aromatic N) is 4. The highest BCUT2D eigenvalue weighted by Gasteiger charge is 2.24. The molecule has 0 unspecified atom stereocenters. The van der Waals surface area contributed by atoms with E-state index in [1.165, 1.54) is 0 Å². The third-order valence-corrected chi connectivity index (χ3v) is 4.88. The minimum absolute atomic E-state index is 0.380. The van der Waals surface area contributed by atoms with Crippen molar-refractivity contribution in [1.82, 2.24) is 9.38 Å². The molecule has 26 heavy (non-hydrogen) atoms. The van der Waals surface area contributed by atoms with Crippen LogP contribution in [0, 0.1) is 11.3 Å². The maximum atomic E-state index is 9.58. The number of pyridine rings is 1. The summed E-state index contributed by atoms with van der Waals surface area (Å²) in [4.78, 5) is 6.88. The molecule has 3 heterocycles. The van der Waals surface area contributed by atoms with Crippen LogP contribution in [0.4, 0.5) is 11.5 Å². The largest absolute Gasteiger partial charge is 0.495 e. The number of anilines is 2. The van der Waals surface area contributed by atoms with E-state index in [1.807, 2.05) is 53.1 Å². The number of imidazole rings is 1. The van der Waals surface area contributed by atoms with Crippen molar-refractivity contribution < 1.29 is 4.74 Å². The van der Waals surface area contributed by atoms with Gasteiger partial charge >= 0.3 is 0 Å². The van der Waals surface area contributed by atoms with Gasteiger partial charge in [0.2, 0.25) is 0 Å². The molecular formula is C20H21N5O. The number of nitrogens with one attached hydrogen (secondary N) is 1. The number of methoxy groups -OCH3 is 1. The molecule has 6 heteroatoms. The van der Waals surface area contributed by atoms with Crippen LogP contribution in [0.3, 0.4) is 0 Å². The van der Waals surface area contributed by atoms with E-state index in [0.717, 1.165) is 48.8 Å². The molecule has 6 nitrogen and oxygen atoms in total. The van der Waals surface area contributed by atoms with Crippen LogP contribution in [0.25, 0.3) is 5.65 Å². The number of nitriles is 1. The normalized spacial score (nSPS) is 15.0. The van der Waals surface area contributed by atoms with Crippen LogP contribution in [0.2, 0.25) is 0 Å². The lowest BCUT2D eigenvalue weighted by molar-refractivity contribution is 0.415. The van der Waals surface area contributed by atoms with Crippen LogP contribution in [-0.4, -0.2) is 35.6 Å². The Morgan fingerprint density at radius 1 is 1.15 bits per heavy atom. The van der Waals surface area contributed by atoms with Crippen LogP contribution in [0.1, 0.15) is 18.5 Å². The van der Waals surface area contributed by atoms with Gasteiger partial charge in [0.25, 0.3) is 0 Å². The molecule has 1 N–H and O–H groups in total. The monoisotopic (exact) mass is 347 g/mol. The Morgan fingerprint density at radius 3 is 2.69 bits per heavy atom. The number of para-hydroxylation sites is 2. The van der Waals surface area contributed by atoms with Gasteiger partial charge in [-0.3, -0.25) is 4.40 Å². The minimum Gasteiger partial charge on any atom is -0.495 e. The molecule has 2 aromatic heterocycles. The van der Waals surface area contributed by atoms with E-state index in [-0.39, 0.29) is 0 Å². The van der Waals surface area contributed by atoms with Crippen molar-refractivity contribution in [3.8, 4) is 11.8 Å². The van der Waals surface area contributed by atoms with Gasteiger partial charge in [-0.15, -0.1) is 0 Å². The zero-order valence-corrected chi connectivity index (χ0v) is 14.7. The molecule has 0 saturated carbocycles. The summed E-state index contributed by atoms with van der Waals surface area (Å²) in [6, 6.07) is 16.5. The Balaban J connectivity index is 1.48. The van der Waals surface area contributed by atoms with E-state index < -0.39 is 0 Å². The van der Waals surface area contributed by atoms with Crippen molar-refractivity contribution in [2.45, 2.75) is 18.9 Å². The summed E-state index contributed by atoms with van der Waals surface area (Å²) < 4.78 is 7.28. The van der Waals surface area contributed by atoms with E-state index in [9.17, 15) is 5.26 Å². The first-order valence-corrected chi connectivity index (χ1v) is 8.82. The molecule has 3 aromatic rings. The lowest BCUT2D eigenvalue weighted by Crippen LogP contribution is -2.39. The van der Waals surface area contributed by atoms with Crippen molar-refractivity contribution in [3.05, 3.63) is 54.4 Å². The van der Waals surface area contributed by atoms with Gasteiger partial charge in [0, 0.05) is 25.3 Å². The van der Waals surface area contributed by atoms with Crippen LogP contribution in [0.15, 0.2) is 48.7 Å². The predicted molar refractivity (Wildman–Crippen MR) is 102 cm³/mol. The second-order valence-electron chi connectivity index (χ2n) is 6.43. The summed E-state index contributed by atoms with van der Waals surface area (Å²) >= 11 is 0. The summed E-state index contributed by atoms with van der Waals surface area (Å²) in [5.74, 6) is 1.65. The van der Waals surface area contributed by atoms with Crippen molar-refractivity contribution >= 4 is 17.2 Å². The van der Waals surface area contributed by atoms with E-state index in [4.69, 9.17) is 4.74 Å². The number of piperidine rings is 1. The maximum Gasteiger partial charge on any atom is 0.169 e.